The van der Waals surface area contributed by atoms with E-state index in [2.05, 4.69) is 20.8 Å². The average Bonchev–Trinajstić information content (AvgIpc) is 2.63. The number of ether oxygens (including phenoxy) is 1. The van der Waals surface area contributed by atoms with E-state index in [9.17, 15) is 5.11 Å². The molecular weight excluding hydrogens is 188 g/mol. The van der Waals surface area contributed by atoms with Gasteiger partial charge < -0.3 is 9.84 Å². The van der Waals surface area contributed by atoms with Gasteiger partial charge >= 0.3 is 0 Å². The zero-order valence-corrected chi connectivity index (χ0v) is 10.6. The standard InChI is InChI=1S/C13H26O2/c1-10(2)12(4)13(7-5-6-8-13)15-9-11(3)14/h10-12,14H,5-9H2,1-4H3. The molecule has 0 aliphatic heterocycles. The monoisotopic (exact) mass is 214 g/mol. The van der Waals surface area contributed by atoms with E-state index in [0.29, 0.717) is 18.4 Å². The summed E-state index contributed by atoms with van der Waals surface area (Å²) in [6.45, 7) is 9.09. The second kappa shape index (κ2) is 5.31. The van der Waals surface area contributed by atoms with Crippen molar-refractivity contribution < 1.29 is 9.84 Å². The fourth-order valence-corrected chi connectivity index (χ4v) is 2.60. The second-order valence-corrected chi connectivity index (χ2v) is 5.46. The van der Waals surface area contributed by atoms with Crippen LogP contribution in [0.5, 0.6) is 0 Å². The van der Waals surface area contributed by atoms with Gasteiger partial charge in [0.25, 0.3) is 0 Å². The maximum absolute atomic E-state index is 9.32. The van der Waals surface area contributed by atoms with Crippen LogP contribution in [0.1, 0.15) is 53.4 Å². The van der Waals surface area contributed by atoms with Crippen LogP contribution < -0.4 is 0 Å². The summed E-state index contributed by atoms with van der Waals surface area (Å²) in [5, 5.41) is 9.32. The summed E-state index contributed by atoms with van der Waals surface area (Å²) in [7, 11) is 0. The molecule has 0 radical (unpaired) electrons. The number of aliphatic hydroxyl groups is 1. The Hall–Kier alpha value is -0.0800. The number of aliphatic hydroxyl groups excluding tert-OH is 1. The highest BCUT2D eigenvalue weighted by atomic mass is 16.5. The predicted molar refractivity (Wildman–Crippen MR) is 62.8 cm³/mol. The molecule has 0 saturated heterocycles. The maximum Gasteiger partial charge on any atom is 0.0745 e. The van der Waals surface area contributed by atoms with E-state index in [4.69, 9.17) is 4.74 Å². The lowest BCUT2D eigenvalue weighted by Gasteiger charge is -2.38. The Kier molecular flexibility index (Phi) is 4.60. The lowest BCUT2D eigenvalue weighted by Crippen LogP contribution is -2.41. The molecule has 1 aliphatic carbocycles. The van der Waals surface area contributed by atoms with Crippen LogP contribution in [0.3, 0.4) is 0 Å². The Balaban J connectivity index is 2.61. The molecule has 1 fully saturated rings. The Morgan fingerprint density at radius 1 is 1.13 bits per heavy atom. The van der Waals surface area contributed by atoms with Crippen LogP contribution in [0.2, 0.25) is 0 Å². The van der Waals surface area contributed by atoms with Gasteiger partial charge in [-0.05, 0) is 31.6 Å². The van der Waals surface area contributed by atoms with E-state index in [-0.39, 0.29) is 11.7 Å². The summed E-state index contributed by atoms with van der Waals surface area (Å²) in [6.07, 6.45) is 4.54. The number of hydrogen-bond donors (Lipinski definition) is 1. The third kappa shape index (κ3) is 3.18. The zero-order valence-electron chi connectivity index (χ0n) is 10.6. The summed E-state index contributed by atoms with van der Waals surface area (Å²) in [5.74, 6) is 1.23. The minimum absolute atomic E-state index is 0.0468. The topological polar surface area (TPSA) is 29.5 Å². The third-order valence-electron chi connectivity index (χ3n) is 3.89. The van der Waals surface area contributed by atoms with Gasteiger partial charge in [0.1, 0.15) is 0 Å². The highest BCUT2D eigenvalue weighted by Crippen LogP contribution is 2.42. The Morgan fingerprint density at radius 2 is 1.67 bits per heavy atom. The molecule has 1 saturated carbocycles. The van der Waals surface area contributed by atoms with Crippen LogP contribution >= 0.6 is 0 Å². The fourth-order valence-electron chi connectivity index (χ4n) is 2.60. The largest absolute Gasteiger partial charge is 0.391 e. The van der Waals surface area contributed by atoms with Gasteiger partial charge in [-0.2, -0.15) is 0 Å². The zero-order chi connectivity index (χ0) is 11.5. The predicted octanol–water partition coefficient (Wildman–Crippen LogP) is 2.99. The summed E-state index contributed by atoms with van der Waals surface area (Å²) >= 11 is 0. The summed E-state index contributed by atoms with van der Waals surface area (Å²) in [5.41, 5.74) is 0.0468. The van der Waals surface area contributed by atoms with Gasteiger partial charge in [-0.25, -0.2) is 0 Å². The normalized spacial score (nSPS) is 24.4. The maximum atomic E-state index is 9.32. The van der Waals surface area contributed by atoms with E-state index in [1.807, 2.05) is 0 Å². The first-order valence-corrected chi connectivity index (χ1v) is 6.30. The molecule has 0 aromatic carbocycles. The quantitative estimate of drug-likeness (QED) is 0.762. The molecular formula is C13H26O2. The lowest BCUT2D eigenvalue weighted by molar-refractivity contribution is -0.112. The van der Waals surface area contributed by atoms with Crippen LogP contribution in [0.25, 0.3) is 0 Å². The molecule has 1 rings (SSSR count). The van der Waals surface area contributed by atoms with Crippen molar-refractivity contribution in [3.05, 3.63) is 0 Å². The van der Waals surface area contributed by atoms with Crippen LogP contribution in [0.15, 0.2) is 0 Å². The molecule has 2 atom stereocenters. The average molecular weight is 214 g/mol. The fraction of sp³-hybridized carbons (Fsp3) is 1.00. The van der Waals surface area contributed by atoms with Crippen molar-refractivity contribution in [2.24, 2.45) is 11.8 Å². The molecule has 0 aromatic heterocycles. The van der Waals surface area contributed by atoms with Crippen molar-refractivity contribution in [2.75, 3.05) is 6.61 Å². The summed E-state index contributed by atoms with van der Waals surface area (Å²) < 4.78 is 6.03. The lowest BCUT2D eigenvalue weighted by atomic mass is 9.79. The van der Waals surface area contributed by atoms with Gasteiger partial charge in [0.2, 0.25) is 0 Å². The van der Waals surface area contributed by atoms with Gasteiger partial charge in [0.15, 0.2) is 0 Å². The van der Waals surface area contributed by atoms with Crippen LogP contribution in [0.4, 0.5) is 0 Å². The Labute approximate surface area is 94.0 Å². The molecule has 0 aromatic rings. The van der Waals surface area contributed by atoms with Gasteiger partial charge in [-0.3, -0.25) is 0 Å². The molecule has 2 heteroatoms. The molecule has 2 nitrogen and oxygen atoms in total. The van der Waals surface area contributed by atoms with E-state index in [1.165, 1.54) is 25.7 Å². The first-order valence-electron chi connectivity index (χ1n) is 6.30. The highest BCUT2D eigenvalue weighted by molar-refractivity contribution is 4.92. The van der Waals surface area contributed by atoms with Gasteiger partial charge in [0, 0.05) is 0 Å². The van der Waals surface area contributed by atoms with Crippen molar-refractivity contribution in [2.45, 2.75) is 65.1 Å². The third-order valence-corrected chi connectivity index (χ3v) is 3.89. The van der Waals surface area contributed by atoms with Crippen molar-refractivity contribution in [3.63, 3.8) is 0 Å². The minimum atomic E-state index is -0.346. The van der Waals surface area contributed by atoms with E-state index in [0.717, 1.165) is 0 Å². The van der Waals surface area contributed by atoms with Crippen LogP contribution in [0, 0.1) is 11.8 Å². The smallest absolute Gasteiger partial charge is 0.0745 e. The summed E-state index contributed by atoms with van der Waals surface area (Å²) in [4.78, 5) is 0. The van der Waals surface area contributed by atoms with E-state index < -0.39 is 0 Å². The van der Waals surface area contributed by atoms with Crippen molar-refractivity contribution in [1.29, 1.82) is 0 Å². The molecule has 0 heterocycles. The first kappa shape index (κ1) is 13.0. The first-order chi connectivity index (χ1) is 6.98. The molecule has 0 amide bonds. The van der Waals surface area contributed by atoms with Gasteiger partial charge in [-0.1, -0.05) is 33.6 Å². The summed E-state index contributed by atoms with van der Waals surface area (Å²) in [6, 6.07) is 0. The number of rotatable bonds is 5. The van der Waals surface area contributed by atoms with Crippen LogP contribution in [-0.4, -0.2) is 23.4 Å². The molecule has 1 N–H and O–H groups in total. The van der Waals surface area contributed by atoms with Gasteiger partial charge in [-0.15, -0.1) is 0 Å². The minimum Gasteiger partial charge on any atom is -0.391 e. The Morgan fingerprint density at radius 3 is 2.07 bits per heavy atom. The highest BCUT2D eigenvalue weighted by Gasteiger charge is 2.41. The molecule has 15 heavy (non-hydrogen) atoms. The van der Waals surface area contributed by atoms with Crippen molar-refractivity contribution in [3.8, 4) is 0 Å². The number of hydrogen-bond acceptors (Lipinski definition) is 2. The van der Waals surface area contributed by atoms with E-state index >= 15 is 0 Å². The SMILES string of the molecule is CC(O)COC1(C(C)C(C)C)CCCC1. The molecule has 0 bridgehead atoms. The molecule has 0 spiro atoms. The second-order valence-electron chi connectivity index (χ2n) is 5.46. The molecule has 2 unspecified atom stereocenters. The van der Waals surface area contributed by atoms with Crippen LogP contribution in [-0.2, 0) is 4.74 Å². The van der Waals surface area contributed by atoms with E-state index in [1.54, 1.807) is 6.92 Å². The molecule has 90 valence electrons. The van der Waals surface area contributed by atoms with Gasteiger partial charge in [0.05, 0.1) is 18.3 Å². The van der Waals surface area contributed by atoms with Crippen molar-refractivity contribution >= 4 is 0 Å². The van der Waals surface area contributed by atoms with Crippen molar-refractivity contribution in [1.82, 2.24) is 0 Å². The Bertz CT molecular complexity index is 181. The molecule has 1 aliphatic rings.